The maximum absolute atomic E-state index is 12.8. The lowest BCUT2D eigenvalue weighted by atomic mass is 9.94. The summed E-state index contributed by atoms with van der Waals surface area (Å²) in [5.41, 5.74) is 20.7. The van der Waals surface area contributed by atoms with Gasteiger partial charge in [-0.3, -0.25) is 63.9 Å². The summed E-state index contributed by atoms with van der Waals surface area (Å²) < 4.78 is 20.0. The minimum absolute atomic E-state index is 0.0348. The van der Waals surface area contributed by atoms with Crippen LogP contribution in [0.4, 0.5) is 9.59 Å². The Bertz CT molecular complexity index is 5160. The van der Waals surface area contributed by atoms with Gasteiger partial charge in [0.1, 0.15) is 55.1 Å². The predicted molar refractivity (Wildman–Crippen MR) is 478 cm³/mol. The lowest BCUT2D eigenvalue weighted by Crippen LogP contribution is -2.41. The maximum atomic E-state index is 12.8. The highest BCUT2D eigenvalue weighted by Gasteiger charge is 2.54. The Morgan fingerprint density at radius 1 is 0.449 bits per heavy atom. The van der Waals surface area contributed by atoms with Crippen molar-refractivity contribution < 1.29 is 76.9 Å². The van der Waals surface area contributed by atoms with Crippen LogP contribution in [-0.2, 0) is 62.7 Å². The number of nitrogens with zero attached hydrogens (tertiary/aromatic N) is 4. The molecule has 9 aromatic carbocycles. The van der Waals surface area contributed by atoms with Crippen molar-refractivity contribution in [3.8, 4) is 5.75 Å². The van der Waals surface area contributed by atoms with Crippen LogP contribution in [0.2, 0.25) is 0 Å². The number of carbonyl (C=O) groups is 9. The summed E-state index contributed by atoms with van der Waals surface area (Å²) in [5.74, 6) is -2.99. The van der Waals surface area contributed by atoms with Gasteiger partial charge < -0.3 is 61.5 Å². The number of nitrogens with two attached hydrogens (primary N) is 1. The van der Waals surface area contributed by atoms with Gasteiger partial charge in [-0.1, -0.05) is 266 Å². The van der Waals surface area contributed by atoms with E-state index in [0.29, 0.717) is 6.54 Å². The van der Waals surface area contributed by atoms with Crippen LogP contribution >= 0.6 is 0 Å². The van der Waals surface area contributed by atoms with E-state index in [1.807, 2.05) is 281 Å². The van der Waals surface area contributed by atoms with Gasteiger partial charge in [-0.25, -0.2) is 9.59 Å². The Kier molecular flexibility index (Phi) is 36.6. The van der Waals surface area contributed by atoms with Crippen molar-refractivity contribution in [1.29, 1.82) is 0 Å². The topological polar surface area (TPSA) is 421 Å². The Balaban J connectivity index is 0.000000189. The molecule has 6 unspecified atom stereocenters. The number of esters is 1. The number of amides is 7. The van der Waals surface area contributed by atoms with Crippen LogP contribution in [0.15, 0.2) is 231 Å². The summed E-state index contributed by atoms with van der Waals surface area (Å²) in [4.78, 5) is 138. The Morgan fingerprint density at radius 3 is 1.19 bits per heavy atom. The fourth-order valence-corrected chi connectivity index (χ4v) is 15.3. The van der Waals surface area contributed by atoms with Crippen LogP contribution in [0.25, 0.3) is 0 Å². The molecular weight excluding hydrogens is 1620 g/mol. The Hall–Kier alpha value is -14.0. The van der Waals surface area contributed by atoms with Crippen LogP contribution in [0.5, 0.6) is 5.75 Å². The van der Waals surface area contributed by atoms with E-state index in [2.05, 4.69) is 42.7 Å². The van der Waals surface area contributed by atoms with Crippen molar-refractivity contribution in [3.63, 3.8) is 0 Å². The van der Waals surface area contributed by atoms with Crippen LogP contribution < -0.4 is 42.4 Å². The molecule has 9 aromatic rings. The highest BCUT2D eigenvalue weighted by atomic mass is 16.6. The second kappa shape index (κ2) is 47.2. The number of benzene rings is 9. The first kappa shape index (κ1) is 98.4. The van der Waals surface area contributed by atoms with Gasteiger partial charge in [-0.15, -0.1) is 0 Å². The van der Waals surface area contributed by atoms with Crippen molar-refractivity contribution in [2.45, 2.75) is 163 Å². The SMILES string of the molecule is COC(=O)C(C)C[N+](=O)[O-].COc1ccc(CN2C(=O)C(C)[C@H]([N+](=O)[O-])[C@H]2c2cccc(C)c2)cc1.Cc1cccc(C2NC(=O)[C@@H](C)[C@@H]2NC(=O)OCc2ccccc2)c1.Cc1cccc(C2NC(=O)[C@H](C)[C@@H]2NC(=O)OCc2ccccc2)c1.Cc1cccc(C=O)c1.Cc1cccc([C@H]2NC(=O)C(C)[C@@H]2N)c1.Cc1cccc([C@H]2NC(=O)C(C)[C@@H]2[N+](=O)[O-])c1. The summed E-state index contributed by atoms with van der Waals surface area (Å²) >= 11 is 0. The first-order valence-corrected chi connectivity index (χ1v) is 41.7. The summed E-state index contributed by atoms with van der Waals surface area (Å²) in [6.07, 6.45) is -0.183. The van der Waals surface area contributed by atoms with Gasteiger partial charge in [0.25, 0.3) is 0 Å². The van der Waals surface area contributed by atoms with Gasteiger partial charge >= 0.3 is 18.2 Å². The standard InChI is InChI=1S/C20H22N2O4.2C20H22N2O3.C12H14N2O3.C12H16N2O.C8H8O.C5H9NO4/c1-13-5-4-6-16(11-13)19-18(22(24)25)14(2)20(23)21(19)12-15-7-9-17(26-3)10-8-15;2*1-13-7-6-10-16(11-13)18-17(14(2)19(23)21-18)22-20(24)25-12-15-8-4-3-5-9-15;1-7-4-3-5-9(6-7)10-11(14(16)17)8(2)12(15)13-10;1-7-4-3-5-9(6-7)11-10(13)8(2)12(15)14-11;1-7-3-2-4-8(5-7)6-9;1-4(3-6(8)9)5(7)10-2/h4-11,14,18-19H,12H2,1-3H3;2*3-11,14,17-18H,12H2,1-2H3,(H,21,23)(H,22,24);3-6,8,10-11H,1-2H3,(H,13,15);3-6,8,10-11H,13H2,1-2H3,(H,14,15);2-6H,1H3;4H,3H2,1-2H3/t14?,18-,19+;14-,17+,18?;14-,17-,18?;2*8?,10-,11+;;/m01010../s1. The van der Waals surface area contributed by atoms with E-state index in [9.17, 15) is 73.5 Å². The van der Waals surface area contributed by atoms with Crippen LogP contribution in [-0.4, -0.2) is 125 Å². The predicted octanol–water partition coefficient (Wildman–Crippen LogP) is 14.0. The molecule has 5 heterocycles. The Morgan fingerprint density at radius 2 is 0.819 bits per heavy atom. The molecule has 7 amide bonds. The zero-order valence-corrected chi connectivity index (χ0v) is 73.7. The van der Waals surface area contributed by atoms with Gasteiger partial charge in [-0.05, 0) is 125 Å². The second-order valence-corrected chi connectivity index (χ2v) is 32.3. The second-order valence-electron chi connectivity index (χ2n) is 32.3. The fraction of sp³-hybridized carbons (Fsp3) is 0.351. The third-order valence-corrected chi connectivity index (χ3v) is 22.5. The quantitative estimate of drug-likeness (QED) is 0.0122. The number of alkyl carbamates (subject to hydrolysis) is 2. The molecule has 8 N–H and O–H groups in total. The fourth-order valence-electron chi connectivity index (χ4n) is 15.3. The highest BCUT2D eigenvalue weighted by molar-refractivity contribution is 5.86. The lowest BCUT2D eigenvalue weighted by molar-refractivity contribution is -0.532. The zero-order chi connectivity index (χ0) is 92.9. The zero-order valence-electron chi connectivity index (χ0n) is 73.7. The summed E-state index contributed by atoms with van der Waals surface area (Å²) in [6.45, 7) is 22.4. The van der Waals surface area contributed by atoms with E-state index < -0.39 is 65.0 Å². The first-order chi connectivity index (χ1) is 60.5. The molecule has 5 aliphatic rings. The number of ether oxygens (including phenoxy) is 4. The van der Waals surface area contributed by atoms with Crippen molar-refractivity contribution >= 4 is 54.0 Å². The lowest BCUT2D eigenvalue weighted by Gasteiger charge is -2.26. The van der Waals surface area contributed by atoms with Gasteiger partial charge in [0, 0.05) is 32.9 Å². The van der Waals surface area contributed by atoms with Crippen LogP contribution in [0.3, 0.4) is 0 Å². The molecule has 0 radical (unpaired) electrons. The van der Waals surface area contributed by atoms with E-state index in [1.165, 1.54) is 19.6 Å². The number of hydrogen-bond acceptors (Lipinski definition) is 20. The van der Waals surface area contributed by atoms with Gasteiger partial charge in [-0.2, -0.15) is 0 Å². The minimum Gasteiger partial charge on any atom is -0.497 e. The molecule has 0 spiro atoms. The molecule has 5 fully saturated rings. The van der Waals surface area contributed by atoms with Crippen molar-refractivity contribution in [2.24, 2.45) is 41.2 Å². The third-order valence-electron chi connectivity index (χ3n) is 22.5. The van der Waals surface area contributed by atoms with Gasteiger partial charge in [0.2, 0.25) is 48.2 Å². The summed E-state index contributed by atoms with van der Waals surface area (Å²) in [5, 5.41) is 49.9. The number of carbonyl (C=O) groups excluding carboxylic acids is 9. The van der Waals surface area contributed by atoms with E-state index in [0.717, 1.165) is 89.9 Å². The first-order valence-electron chi connectivity index (χ1n) is 41.7. The molecular formula is C97H113N11O19. The number of hydrogen-bond donors (Lipinski definition) is 7. The number of likely N-dealkylation sites (tertiary alicyclic amines) is 1. The van der Waals surface area contributed by atoms with Gasteiger partial charge in [0.05, 0.1) is 62.2 Å². The molecule has 30 nitrogen and oxygen atoms in total. The highest BCUT2D eigenvalue weighted by Crippen LogP contribution is 2.41. The number of rotatable bonds is 20. The smallest absolute Gasteiger partial charge is 0.407 e. The number of nitro groups is 3. The largest absolute Gasteiger partial charge is 0.497 e. The number of aldehydes is 1. The molecule has 0 bridgehead atoms. The monoisotopic (exact) mass is 1740 g/mol. The maximum Gasteiger partial charge on any atom is 0.407 e. The van der Waals surface area contributed by atoms with E-state index >= 15 is 0 Å². The van der Waals surface area contributed by atoms with Crippen molar-refractivity contribution in [2.75, 3.05) is 20.8 Å². The van der Waals surface area contributed by atoms with Crippen LogP contribution in [0.1, 0.15) is 160 Å². The Labute approximate surface area is 739 Å². The summed E-state index contributed by atoms with van der Waals surface area (Å²) in [7, 11) is 2.80. The van der Waals surface area contributed by atoms with E-state index in [-0.39, 0.29) is 113 Å². The molecule has 14 rings (SSSR count). The van der Waals surface area contributed by atoms with E-state index in [1.54, 1.807) is 31.9 Å². The molecule has 5 aliphatic heterocycles. The molecule has 5 saturated heterocycles. The van der Waals surface area contributed by atoms with Crippen molar-refractivity contribution in [1.82, 2.24) is 36.8 Å². The number of aryl methyl sites for hydroxylation is 6. The molecule has 0 saturated carbocycles. The molecule has 0 aliphatic carbocycles. The van der Waals surface area contributed by atoms with E-state index in [4.69, 9.17) is 19.9 Å². The molecule has 16 atom stereocenters. The number of methoxy groups -OCH3 is 2. The number of nitrogens with one attached hydrogen (secondary N) is 6. The third kappa shape index (κ3) is 28.0. The molecule has 127 heavy (non-hydrogen) atoms. The average Bonchev–Trinajstić information content (AvgIpc) is 1.58. The summed E-state index contributed by atoms with van der Waals surface area (Å²) in [6, 6.07) is 68.6. The molecule has 0 aromatic heterocycles. The van der Waals surface area contributed by atoms with Crippen LogP contribution in [0, 0.1) is 107 Å². The minimum atomic E-state index is -0.956. The van der Waals surface area contributed by atoms with Gasteiger partial charge in [0.15, 0.2) is 0 Å². The normalized spacial score (nSPS) is 22.3. The molecule has 670 valence electrons. The molecule has 30 heteroatoms. The van der Waals surface area contributed by atoms with Crippen molar-refractivity contribution in [3.05, 3.63) is 344 Å². The average molecular weight is 1740 g/mol.